The van der Waals surface area contributed by atoms with Crippen LogP contribution in [0, 0.1) is 0 Å². The van der Waals surface area contributed by atoms with Gasteiger partial charge in [-0.1, -0.05) is 18.2 Å². The number of carbonyl (C=O) groups is 3. The summed E-state index contributed by atoms with van der Waals surface area (Å²) < 4.78 is 7.19. The number of carboxylic acids is 1. The molecule has 4 rings (SSSR count). The summed E-state index contributed by atoms with van der Waals surface area (Å²) in [4.78, 5) is 39.1. The predicted octanol–water partition coefficient (Wildman–Crippen LogP) is 3.49. The van der Waals surface area contributed by atoms with Crippen LogP contribution in [0.3, 0.4) is 0 Å². The Morgan fingerprint density at radius 3 is 2.61 bits per heavy atom. The maximum Gasteiger partial charge on any atom is 0.419 e. The van der Waals surface area contributed by atoms with Gasteiger partial charge in [-0.3, -0.25) is 4.79 Å². The van der Waals surface area contributed by atoms with Gasteiger partial charge < -0.3 is 14.7 Å². The van der Waals surface area contributed by atoms with Crippen LogP contribution in [0.25, 0.3) is 10.9 Å². The molecule has 28 heavy (non-hydrogen) atoms. The minimum Gasteiger partial charge on any atom is -0.480 e. The topological polar surface area (TPSA) is 88.8 Å². The Morgan fingerprint density at radius 2 is 1.93 bits per heavy atom. The second-order valence-corrected chi connectivity index (χ2v) is 8.46. The van der Waals surface area contributed by atoms with Crippen LogP contribution in [0.5, 0.6) is 0 Å². The Balaban J connectivity index is 1.96. The third kappa shape index (κ3) is 2.85. The smallest absolute Gasteiger partial charge is 0.419 e. The zero-order chi connectivity index (χ0) is 20.2. The second kappa shape index (κ2) is 6.36. The van der Waals surface area contributed by atoms with Crippen LogP contribution in [0.2, 0.25) is 0 Å². The van der Waals surface area contributed by atoms with Crippen molar-refractivity contribution in [1.82, 2.24) is 9.47 Å². The first-order valence-electron chi connectivity index (χ1n) is 9.58. The van der Waals surface area contributed by atoms with Crippen molar-refractivity contribution in [3.63, 3.8) is 0 Å². The average Bonchev–Trinajstić information content (AvgIpc) is 2.94. The number of piperidine rings is 1. The average molecular weight is 384 g/mol. The molecule has 1 fully saturated rings. The number of hydrogen-bond acceptors (Lipinski definition) is 4. The molecule has 1 N–H and O–H groups in total. The molecule has 2 aliphatic rings. The van der Waals surface area contributed by atoms with E-state index in [9.17, 15) is 19.5 Å². The normalized spacial score (nSPS) is 22.0. The van der Waals surface area contributed by atoms with Crippen molar-refractivity contribution in [1.29, 1.82) is 0 Å². The van der Waals surface area contributed by atoms with E-state index < -0.39 is 29.7 Å². The van der Waals surface area contributed by atoms with Crippen molar-refractivity contribution in [2.24, 2.45) is 0 Å². The third-order valence-electron chi connectivity index (χ3n) is 5.42. The number of carbonyl (C=O) groups excluding carboxylic acids is 2. The molecule has 7 heteroatoms. The molecule has 7 nitrogen and oxygen atoms in total. The molecule has 0 radical (unpaired) electrons. The number of aliphatic carboxylic acids is 1. The maximum atomic E-state index is 13.1. The van der Waals surface area contributed by atoms with Crippen molar-refractivity contribution in [3.8, 4) is 0 Å². The first-order valence-corrected chi connectivity index (χ1v) is 9.58. The second-order valence-electron chi connectivity index (χ2n) is 8.46. The van der Waals surface area contributed by atoms with E-state index in [0.717, 1.165) is 10.9 Å². The molecular weight excluding hydrogens is 360 g/mol. The standard InChI is InChI=1S/C21H24N2O5/c1-21(2,3)28-20(27)23-14-8-5-4-7-12(14)13-11-16(19(25)26)22-15(18(13)23)9-6-10-17(22)24/h4-5,7-8,15-16H,6,9-11H2,1-3H3,(H,25,26)/t15-,16+/m0/s1. The van der Waals surface area contributed by atoms with Crippen molar-refractivity contribution in [2.75, 3.05) is 0 Å². The molecule has 0 bridgehead atoms. The molecule has 2 aliphatic heterocycles. The summed E-state index contributed by atoms with van der Waals surface area (Å²) in [5, 5.41) is 10.6. The Hall–Kier alpha value is -2.83. The predicted molar refractivity (Wildman–Crippen MR) is 102 cm³/mol. The number of nitrogens with zero attached hydrogens (tertiary/aromatic N) is 2. The highest BCUT2D eigenvalue weighted by molar-refractivity contribution is 5.96. The largest absolute Gasteiger partial charge is 0.480 e. The van der Waals surface area contributed by atoms with E-state index in [2.05, 4.69) is 0 Å². The number of rotatable bonds is 1. The Labute approximate surface area is 162 Å². The fraction of sp³-hybridized carbons (Fsp3) is 0.476. The highest BCUT2D eigenvalue weighted by Crippen LogP contribution is 2.44. The monoisotopic (exact) mass is 384 g/mol. The van der Waals surface area contributed by atoms with E-state index in [1.165, 1.54) is 4.90 Å². The first kappa shape index (κ1) is 18.5. The van der Waals surface area contributed by atoms with Crippen molar-refractivity contribution >= 4 is 28.9 Å². The van der Waals surface area contributed by atoms with Crippen LogP contribution in [0.15, 0.2) is 24.3 Å². The lowest BCUT2D eigenvalue weighted by Gasteiger charge is -2.43. The van der Waals surface area contributed by atoms with Gasteiger partial charge in [0.1, 0.15) is 11.6 Å². The van der Waals surface area contributed by atoms with Gasteiger partial charge in [0, 0.05) is 18.2 Å². The molecule has 1 aromatic heterocycles. The molecule has 1 aromatic carbocycles. The summed E-state index contributed by atoms with van der Waals surface area (Å²) in [5.74, 6) is -1.18. The lowest BCUT2D eigenvalue weighted by molar-refractivity contribution is -0.155. The van der Waals surface area contributed by atoms with Gasteiger partial charge in [-0.2, -0.15) is 0 Å². The summed E-state index contributed by atoms with van der Waals surface area (Å²) in [5.41, 5.74) is 1.53. The van der Waals surface area contributed by atoms with E-state index >= 15 is 0 Å². The number of amides is 1. The highest BCUT2D eigenvalue weighted by atomic mass is 16.6. The fourth-order valence-electron chi connectivity index (χ4n) is 4.44. The van der Waals surface area contributed by atoms with Gasteiger partial charge >= 0.3 is 12.1 Å². The number of carboxylic acid groups (broad SMARTS) is 1. The van der Waals surface area contributed by atoms with Crippen LogP contribution in [-0.4, -0.2) is 44.2 Å². The van der Waals surface area contributed by atoms with Crippen LogP contribution in [0.4, 0.5) is 4.79 Å². The van der Waals surface area contributed by atoms with Gasteiger partial charge in [0.15, 0.2) is 0 Å². The lowest BCUT2D eigenvalue weighted by Crippen LogP contribution is -2.53. The molecule has 3 heterocycles. The zero-order valence-corrected chi connectivity index (χ0v) is 16.3. The van der Waals surface area contributed by atoms with E-state index in [4.69, 9.17) is 4.74 Å². The summed E-state index contributed by atoms with van der Waals surface area (Å²) in [6.45, 7) is 5.42. The van der Waals surface area contributed by atoms with Crippen LogP contribution >= 0.6 is 0 Å². The number of aromatic nitrogens is 1. The molecule has 2 aromatic rings. The van der Waals surface area contributed by atoms with Gasteiger partial charge in [-0.25, -0.2) is 14.2 Å². The minimum absolute atomic E-state index is 0.171. The maximum absolute atomic E-state index is 13.1. The van der Waals surface area contributed by atoms with E-state index in [0.29, 0.717) is 30.5 Å². The number of hydrogen-bond donors (Lipinski definition) is 1. The number of fused-ring (bicyclic) bond motifs is 5. The van der Waals surface area contributed by atoms with Crippen LogP contribution < -0.4 is 0 Å². The van der Waals surface area contributed by atoms with Gasteiger partial charge in [0.2, 0.25) is 5.91 Å². The van der Waals surface area contributed by atoms with Crippen LogP contribution in [0.1, 0.15) is 57.3 Å². The molecule has 148 valence electrons. The molecule has 1 amide bonds. The molecular formula is C21H24N2O5. The molecule has 0 unspecified atom stereocenters. The summed E-state index contributed by atoms with van der Waals surface area (Å²) >= 11 is 0. The Kier molecular flexibility index (Phi) is 4.21. The number of benzene rings is 1. The van der Waals surface area contributed by atoms with Crippen LogP contribution in [-0.2, 0) is 20.7 Å². The Bertz CT molecular complexity index is 985. The van der Waals surface area contributed by atoms with Gasteiger partial charge in [-0.05, 0) is 45.2 Å². The number of ether oxygens (including phenoxy) is 1. The third-order valence-corrected chi connectivity index (χ3v) is 5.42. The zero-order valence-electron chi connectivity index (χ0n) is 16.3. The quantitative estimate of drug-likeness (QED) is 0.813. The number of para-hydroxylation sites is 1. The first-order chi connectivity index (χ1) is 13.2. The summed E-state index contributed by atoms with van der Waals surface area (Å²) in [7, 11) is 0. The SMILES string of the molecule is CC(C)(C)OC(=O)n1c2c(c3ccccc31)C[C@H](C(=O)O)N1C(=O)CCC[C@@H]21. The van der Waals surface area contributed by atoms with E-state index in [1.807, 2.05) is 24.3 Å². The highest BCUT2D eigenvalue weighted by Gasteiger charge is 2.46. The summed E-state index contributed by atoms with van der Waals surface area (Å²) in [6, 6.07) is 6.09. The van der Waals surface area contributed by atoms with Crippen molar-refractivity contribution in [2.45, 2.75) is 64.1 Å². The molecule has 2 atom stereocenters. The van der Waals surface area contributed by atoms with E-state index in [-0.39, 0.29) is 12.3 Å². The van der Waals surface area contributed by atoms with E-state index in [1.54, 1.807) is 25.3 Å². The molecule has 1 saturated heterocycles. The van der Waals surface area contributed by atoms with Gasteiger partial charge in [0.05, 0.1) is 17.3 Å². The van der Waals surface area contributed by atoms with Gasteiger partial charge in [0.25, 0.3) is 0 Å². The molecule has 0 aliphatic carbocycles. The van der Waals surface area contributed by atoms with Crippen molar-refractivity contribution in [3.05, 3.63) is 35.5 Å². The summed E-state index contributed by atoms with van der Waals surface area (Å²) in [6.07, 6.45) is 1.31. The molecule has 0 saturated carbocycles. The lowest BCUT2D eigenvalue weighted by atomic mass is 9.86. The van der Waals surface area contributed by atoms with Gasteiger partial charge in [-0.15, -0.1) is 0 Å². The minimum atomic E-state index is -1.01. The molecule has 0 spiro atoms. The Morgan fingerprint density at radius 1 is 1.21 bits per heavy atom. The van der Waals surface area contributed by atoms with Crippen molar-refractivity contribution < 1.29 is 24.2 Å². The fourth-order valence-corrected chi connectivity index (χ4v) is 4.44.